The maximum absolute atomic E-state index is 13.2. The zero-order chi connectivity index (χ0) is 23.3. The van der Waals surface area contributed by atoms with E-state index in [2.05, 4.69) is 11.1 Å². The lowest BCUT2D eigenvalue weighted by Crippen LogP contribution is -2.30. The number of benzene rings is 3. The van der Waals surface area contributed by atoms with Gasteiger partial charge in [-0.25, -0.2) is 13.4 Å². The first kappa shape index (κ1) is 23.1. The van der Waals surface area contributed by atoms with Crippen LogP contribution < -0.4 is 4.90 Å². The Balaban J connectivity index is 1.48. The SMILES string of the molecule is Cc1ccc2nc(N(Cc3ccccc3)C(=O)CCCS(=O)(=O)Cc3ccccc3)sc2c1. The van der Waals surface area contributed by atoms with Crippen molar-refractivity contribution in [3.8, 4) is 0 Å². The summed E-state index contributed by atoms with van der Waals surface area (Å²) in [7, 11) is -3.29. The third-order valence-electron chi connectivity index (χ3n) is 5.32. The Morgan fingerprint density at radius 1 is 0.939 bits per heavy atom. The van der Waals surface area contributed by atoms with Gasteiger partial charge in [0.15, 0.2) is 15.0 Å². The predicted octanol–water partition coefficient (Wildman–Crippen LogP) is 5.53. The lowest BCUT2D eigenvalue weighted by Gasteiger charge is -2.20. The molecule has 0 spiro atoms. The van der Waals surface area contributed by atoms with Crippen LogP contribution in [0.1, 0.15) is 29.5 Å². The van der Waals surface area contributed by atoms with Gasteiger partial charge in [-0.05, 0) is 42.2 Å². The van der Waals surface area contributed by atoms with Gasteiger partial charge in [0.05, 0.1) is 28.3 Å². The summed E-state index contributed by atoms with van der Waals surface area (Å²) in [4.78, 5) is 19.6. The van der Waals surface area contributed by atoms with Crippen LogP contribution in [0.4, 0.5) is 5.13 Å². The normalized spacial score (nSPS) is 11.5. The van der Waals surface area contributed by atoms with Gasteiger partial charge in [-0.3, -0.25) is 9.69 Å². The minimum Gasteiger partial charge on any atom is -0.284 e. The zero-order valence-electron chi connectivity index (χ0n) is 18.5. The van der Waals surface area contributed by atoms with E-state index in [1.54, 1.807) is 17.0 Å². The monoisotopic (exact) mass is 478 g/mol. The molecule has 5 nitrogen and oxygen atoms in total. The Labute approximate surface area is 198 Å². The van der Waals surface area contributed by atoms with Gasteiger partial charge in [0.2, 0.25) is 5.91 Å². The molecular weight excluding hydrogens is 452 g/mol. The molecule has 0 fully saturated rings. The number of thiazole rings is 1. The Bertz CT molecular complexity index is 1330. The number of hydrogen-bond acceptors (Lipinski definition) is 5. The number of amides is 1. The van der Waals surface area contributed by atoms with E-state index < -0.39 is 9.84 Å². The van der Waals surface area contributed by atoms with E-state index in [9.17, 15) is 13.2 Å². The number of hydrogen-bond donors (Lipinski definition) is 0. The lowest BCUT2D eigenvalue weighted by molar-refractivity contribution is -0.118. The van der Waals surface area contributed by atoms with Crippen molar-refractivity contribution in [2.75, 3.05) is 10.7 Å². The van der Waals surface area contributed by atoms with Gasteiger partial charge in [0.1, 0.15) is 0 Å². The summed E-state index contributed by atoms with van der Waals surface area (Å²) < 4.78 is 26.1. The summed E-state index contributed by atoms with van der Waals surface area (Å²) in [5, 5.41) is 0.636. The number of rotatable bonds is 9. The summed E-state index contributed by atoms with van der Waals surface area (Å²) in [5.74, 6) is -0.150. The minimum atomic E-state index is -3.29. The van der Waals surface area contributed by atoms with Gasteiger partial charge in [-0.15, -0.1) is 0 Å². The van der Waals surface area contributed by atoms with Gasteiger partial charge in [0.25, 0.3) is 0 Å². The van der Waals surface area contributed by atoms with Crippen LogP contribution in [0.5, 0.6) is 0 Å². The fourth-order valence-corrected chi connectivity index (χ4v) is 6.15. The Kier molecular flexibility index (Phi) is 7.20. The molecule has 0 N–H and O–H groups in total. The smallest absolute Gasteiger partial charge is 0.229 e. The van der Waals surface area contributed by atoms with E-state index in [0.717, 1.165) is 26.9 Å². The van der Waals surface area contributed by atoms with Crippen LogP contribution in [-0.4, -0.2) is 25.1 Å². The molecule has 3 aromatic carbocycles. The molecule has 0 unspecified atom stereocenters. The Morgan fingerprint density at radius 3 is 2.30 bits per heavy atom. The van der Waals surface area contributed by atoms with Crippen LogP contribution in [0.15, 0.2) is 78.9 Å². The summed E-state index contributed by atoms with van der Waals surface area (Å²) in [6, 6.07) is 24.9. The molecular formula is C26H26N2O3S2. The number of anilines is 1. The molecule has 0 aliphatic rings. The fourth-order valence-electron chi connectivity index (χ4n) is 3.64. The van der Waals surface area contributed by atoms with Gasteiger partial charge < -0.3 is 0 Å². The molecule has 0 saturated heterocycles. The van der Waals surface area contributed by atoms with Crippen LogP contribution >= 0.6 is 11.3 Å². The van der Waals surface area contributed by atoms with E-state index >= 15 is 0 Å². The van der Waals surface area contributed by atoms with Crippen LogP contribution in [-0.2, 0) is 26.9 Å². The molecule has 170 valence electrons. The molecule has 33 heavy (non-hydrogen) atoms. The Hall–Kier alpha value is -3.03. The highest BCUT2D eigenvalue weighted by Gasteiger charge is 2.21. The standard InChI is InChI=1S/C26H26N2O3S2/c1-20-14-15-23-24(17-20)32-26(27-23)28(18-21-9-4-2-5-10-21)25(29)13-8-16-33(30,31)19-22-11-6-3-7-12-22/h2-7,9-12,14-15,17H,8,13,16,18-19H2,1H3. The lowest BCUT2D eigenvalue weighted by atomic mass is 10.2. The highest BCUT2D eigenvalue weighted by atomic mass is 32.2. The van der Waals surface area contributed by atoms with Gasteiger partial charge in [-0.2, -0.15) is 0 Å². The molecule has 1 heterocycles. The highest BCUT2D eigenvalue weighted by Crippen LogP contribution is 2.31. The van der Waals surface area contributed by atoms with E-state index in [0.29, 0.717) is 11.7 Å². The molecule has 0 aliphatic carbocycles. The molecule has 0 radical (unpaired) electrons. The first-order valence-electron chi connectivity index (χ1n) is 10.9. The maximum Gasteiger partial charge on any atom is 0.229 e. The quantitative estimate of drug-likeness (QED) is 0.317. The largest absolute Gasteiger partial charge is 0.284 e. The first-order valence-corrected chi connectivity index (χ1v) is 13.5. The zero-order valence-corrected chi connectivity index (χ0v) is 20.1. The van der Waals surface area contributed by atoms with Gasteiger partial charge in [-0.1, -0.05) is 78.1 Å². The van der Waals surface area contributed by atoms with Crippen LogP contribution in [0.25, 0.3) is 10.2 Å². The first-order chi connectivity index (χ1) is 15.9. The van der Waals surface area contributed by atoms with Crippen LogP contribution in [0.2, 0.25) is 0 Å². The second-order valence-corrected chi connectivity index (χ2v) is 11.3. The molecule has 7 heteroatoms. The van der Waals surface area contributed by atoms with Gasteiger partial charge >= 0.3 is 0 Å². The van der Waals surface area contributed by atoms with Crippen LogP contribution in [0, 0.1) is 6.92 Å². The second kappa shape index (κ2) is 10.3. The minimum absolute atomic E-state index is 0.00696. The number of aryl methyl sites for hydroxylation is 1. The third-order valence-corrected chi connectivity index (χ3v) is 8.05. The van der Waals surface area contributed by atoms with Crippen molar-refractivity contribution in [2.45, 2.75) is 32.1 Å². The maximum atomic E-state index is 13.2. The topological polar surface area (TPSA) is 67.3 Å². The number of aromatic nitrogens is 1. The van der Waals surface area contributed by atoms with Crippen molar-refractivity contribution < 1.29 is 13.2 Å². The van der Waals surface area contributed by atoms with Crippen molar-refractivity contribution >= 4 is 42.4 Å². The van der Waals surface area contributed by atoms with Crippen molar-refractivity contribution in [3.05, 3.63) is 95.6 Å². The molecule has 0 saturated carbocycles. The third kappa shape index (κ3) is 6.27. The Morgan fingerprint density at radius 2 is 1.61 bits per heavy atom. The number of fused-ring (bicyclic) bond motifs is 1. The second-order valence-electron chi connectivity index (χ2n) is 8.11. The van der Waals surface area contributed by atoms with Crippen LogP contribution in [0.3, 0.4) is 0 Å². The molecule has 4 aromatic rings. The number of carbonyl (C=O) groups excluding carboxylic acids is 1. The highest BCUT2D eigenvalue weighted by molar-refractivity contribution is 7.90. The number of nitrogens with zero attached hydrogens (tertiary/aromatic N) is 2. The van der Waals surface area contributed by atoms with Gasteiger partial charge in [0, 0.05) is 6.42 Å². The number of carbonyl (C=O) groups is 1. The molecule has 0 aliphatic heterocycles. The fraction of sp³-hybridized carbons (Fsp3) is 0.231. The van der Waals surface area contributed by atoms with Crippen molar-refractivity contribution in [3.63, 3.8) is 0 Å². The molecule has 0 bridgehead atoms. The summed E-state index contributed by atoms with van der Waals surface area (Å²) in [5.41, 5.74) is 3.76. The molecule has 0 atom stereocenters. The van der Waals surface area contributed by atoms with Crippen molar-refractivity contribution in [1.29, 1.82) is 0 Å². The van der Waals surface area contributed by atoms with E-state index in [-0.39, 0.29) is 30.3 Å². The average Bonchev–Trinajstić information content (AvgIpc) is 3.21. The predicted molar refractivity (Wildman–Crippen MR) is 135 cm³/mol. The number of sulfone groups is 1. The summed E-state index contributed by atoms with van der Waals surface area (Å²) in [6.07, 6.45) is 0.430. The molecule has 1 amide bonds. The molecule has 4 rings (SSSR count). The summed E-state index contributed by atoms with van der Waals surface area (Å²) >= 11 is 1.48. The van der Waals surface area contributed by atoms with E-state index in [4.69, 9.17) is 0 Å². The summed E-state index contributed by atoms with van der Waals surface area (Å²) in [6.45, 7) is 2.43. The van der Waals surface area contributed by atoms with Crippen molar-refractivity contribution in [1.82, 2.24) is 4.98 Å². The van der Waals surface area contributed by atoms with E-state index in [1.165, 1.54) is 11.3 Å². The van der Waals surface area contributed by atoms with E-state index in [1.807, 2.05) is 67.6 Å². The average molecular weight is 479 g/mol. The van der Waals surface area contributed by atoms with Crippen molar-refractivity contribution in [2.24, 2.45) is 0 Å². The molecule has 1 aromatic heterocycles.